The van der Waals surface area contributed by atoms with Crippen LogP contribution >= 0.6 is 0 Å². The van der Waals surface area contributed by atoms with Gasteiger partial charge >= 0.3 is 6.09 Å². The van der Waals surface area contributed by atoms with Crippen LogP contribution in [0.25, 0.3) is 0 Å². The largest absolute Gasteiger partial charge is 0.445 e. The van der Waals surface area contributed by atoms with Crippen molar-refractivity contribution in [3.05, 3.63) is 83.4 Å². The van der Waals surface area contributed by atoms with E-state index in [2.05, 4.69) is 64.1 Å². The molecule has 7 rings (SSSR count). The maximum atomic E-state index is 14.7. The Morgan fingerprint density at radius 3 is 2.25 bits per heavy atom. The summed E-state index contributed by atoms with van der Waals surface area (Å²) in [6, 6.07) is 16.9. The lowest BCUT2D eigenvalue weighted by Crippen LogP contribution is -2.67. The number of carbonyl (C=O) groups excluding carboxylic acids is 3. The second-order valence-electron chi connectivity index (χ2n) is 19.8. The van der Waals surface area contributed by atoms with E-state index >= 15 is 0 Å². The molecule has 5 saturated carbocycles. The van der Waals surface area contributed by atoms with Gasteiger partial charge in [0.05, 0.1) is 11.5 Å². The van der Waals surface area contributed by atoms with Crippen LogP contribution in [0.2, 0.25) is 0 Å². The lowest BCUT2D eigenvalue weighted by molar-refractivity contribution is -0.246. The molecule has 0 bridgehead atoms. The van der Waals surface area contributed by atoms with Crippen molar-refractivity contribution >= 4 is 17.9 Å². The number of aliphatic hydroxyl groups is 1. The predicted octanol–water partition coefficient (Wildman–Crippen LogP) is 8.98. The van der Waals surface area contributed by atoms with E-state index in [0.29, 0.717) is 35.8 Å². The first-order chi connectivity index (χ1) is 26.6. The Hall–Kier alpha value is -3.65. The molecule has 10 atom stereocenters. The summed E-state index contributed by atoms with van der Waals surface area (Å²) in [6.07, 6.45) is 9.88. The Labute approximate surface area is 335 Å². The molecule has 4 N–H and O–H groups in total. The van der Waals surface area contributed by atoms with Gasteiger partial charge in [0.2, 0.25) is 5.91 Å². The maximum absolute atomic E-state index is 14.7. The molecule has 0 radical (unpaired) electrons. The summed E-state index contributed by atoms with van der Waals surface area (Å²) in [5, 5.41) is 20.1. The number of rotatable bonds is 10. The molecule has 0 aromatic heterocycles. The zero-order valence-electron chi connectivity index (χ0n) is 34.8. The van der Waals surface area contributed by atoms with Crippen molar-refractivity contribution in [2.45, 2.75) is 125 Å². The minimum Gasteiger partial charge on any atom is -0.445 e. The molecule has 8 nitrogen and oxygen atoms in total. The van der Waals surface area contributed by atoms with E-state index in [4.69, 9.17) is 4.74 Å². The summed E-state index contributed by atoms with van der Waals surface area (Å²) in [5.74, 6) is 2.16. The van der Waals surface area contributed by atoms with Crippen molar-refractivity contribution in [2.24, 2.45) is 56.7 Å². The van der Waals surface area contributed by atoms with E-state index < -0.39 is 11.5 Å². The summed E-state index contributed by atoms with van der Waals surface area (Å²) in [7, 11) is 0. The first-order valence-electron chi connectivity index (χ1n) is 21.5. The number of hydrogen-bond acceptors (Lipinski definition) is 5. The summed E-state index contributed by atoms with van der Waals surface area (Å²) >= 11 is 0. The fraction of sp³-hybridized carbons (Fsp3) is 0.646. The number of fused-ring (bicyclic) bond motifs is 7. The van der Waals surface area contributed by atoms with Crippen LogP contribution in [0.3, 0.4) is 0 Å². The molecule has 5 fully saturated rings. The quantitative estimate of drug-likeness (QED) is 0.142. The van der Waals surface area contributed by atoms with Crippen LogP contribution in [0.1, 0.15) is 127 Å². The van der Waals surface area contributed by atoms with Crippen molar-refractivity contribution in [3.8, 4) is 0 Å². The highest BCUT2D eigenvalue weighted by atomic mass is 16.5. The molecular weight excluding hydrogens is 699 g/mol. The number of carbonyl (C=O) groups is 3. The van der Waals surface area contributed by atoms with Crippen molar-refractivity contribution in [3.63, 3.8) is 0 Å². The smallest absolute Gasteiger partial charge is 0.407 e. The van der Waals surface area contributed by atoms with Crippen molar-refractivity contribution in [2.75, 3.05) is 13.1 Å². The molecule has 2 aromatic rings. The Kier molecular flexibility index (Phi) is 11.1. The van der Waals surface area contributed by atoms with E-state index in [0.717, 1.165) is 56.1 Å². The first-order valence-corrected chi connectivity index (χ1v) is 21.5. The van der Waals surface area contributed by atoms with Crippen LogP contribution in [0.4, 0.5) is 4.79 Å². The van der Waals surface area contributed by atoms with Gasteiger partial charge in [0.1, 0.15) is 6.61 Å². The van der Waals surface area contributed by atoms with Crippen LogP contribution in [-0.2, 0) is 22.7 Å². The third-order valence-corrected chi connectivity index (χ3v) is 17.0. The highest BCUT2D eigenvalue weighted by molar-refractivity contribution is 5.94. The van der Waals surface area contributed by atoms with E-state index in [1.807, 2.05) is 48.5 Å². The number of aliphatic hydroxyl groups excluding tert-OH is 1. The third kappa shape index (κ3) is 6.79. The second-order valence-corrected chi connectivity index (χ2v) is 19.8. The topological polar surface area (TPSA) is 117 Å². The molecule has 56 heavy (non-hydrogen) atoms. The fourth-order valence-corrected chi connectivity index (χ4v) is 13.9. The third-order valence-electron chi connectivity index (χ3n) is 17.0. The summed E-state index contributed by atoms with van der Waals surface area (Å²) < 4.78 is 5.25. The average Bonchev–Trinajstić information content (AvgIpc) is 3.58. The maximum Gasteiger partial charge on any atom is 0.407 e. The van der Waals surface area contributed by atoms with E-state index in [1.165, 1.54) is 24.8 Å². The fourth-order valence-electron chi connectivity index (χ4n) is 13.9. The van der Waals surface area contributed by atoms with Gasteiger partial charge in [0.15, 0.2) is 0 Å². The molecule has 304 valence electrons. The number of allylic oxidation sites excluding steroid dienone is 1. The minimum absolute atomic E-state index is 0.0660. The zero-order valence-corrected chi connectivity index (χ0v) is 34.8. The van der Waals surface area contributed by atoms with Gasteiger partial charge in [-0.2, -0.15) is 0 Å². The van der Waals surface area contributed by atoms with Crippen molar-refractivity contribution in [1.29, 1.82) is 0 Å². The SMILES string of the molecule is C=C(C)[C@@H]1CC[C@]2(C(=O)NCc3cccc(C(=O)NCCNC(=O)OCc4ccccc4)c3)CC[C@]3(C)C(CC[C@@H]4[C@@]5(C)CC[C@H](O)C(C)(C)C5CC[C@]43C)[C@@H]12. The van der Waals surface area contributed by atoms with Crippen molar-refractivity contribution < 1.29 is 24.2 Å². The van der Waals surface area contributed by atoms with Gasteiger partial charge in [-0.05, 0) is 146 Å². The van der Waals surface area contributed by atoms with Gasteiger partial charge in [-0.25, -0.2) is 4.79 Å². The van der Waals surface area contributed by atoms with Gasteiger partial charge in [0.25, 0.3) is 5.91 Å². The molecule has 0 heterocycles. The zero-order chi connectivity index (χ0) is 40.1. The number of alkyl carbamates (subject to hydrolysis) is 1. The molecule has 0 aliphatic heterocycles. The molecule has 0 spiro atoms. The molecule has 5 aliphatic rings. The minimum atomic E-state index is -0.532. The predicted molar refractivity (Wildman–Crippen MR) is 220 cm³/mol. The highest BCUT2D eigenvalue weighted by Crippen LogP contribution is 2.77. The molecule has 5 aliphatic carbocycles. The van der Waals surface area contributed by atoms with Crippen LogP contribution in [0.5, 0.6) is 0 Å². The normalized spacial score (nSPS) is 36.8. The van der Waals surface area contributed by atoms with Gasteiger partial charge in [0, 0.05) is 25.2 Å². The molecular formula is C48H67N3O5. The Balaban J connectivity index is 0.998. The van der Waals surface area contributed by atoms with Gasteiger partial charge in [-0.15, -0.1) is 0 Å². The Bertz CT molecular complexity index is 1810. The Morgan fingerprint density at radius 2 is 1.50 bits per heavy atom. The van der Waals surface area contributed by atoms with E-state index in [9.17, 15) is 19.5 Å². The number of nitrogens with one attached hydrogen (secondary N) is 3. The van der Waals surface area contributed by atoms with Gasteiger partial charge in [-0.3, -0.25) is 9.59 Å². The van der Waals surface area contributed by atoms with Gasteiger partial charge < -0.3 is 25.8 Å². The molecule has 2 unspecified atom stereocenters. The second kappa shape index (κ2) is 15.3. The summed E-state index contributed by atoms with van der Waals surface area (Å²) in [4.78, 5) is 39.9. The monoisotopic (exact) mass is 766 g/mol. The lowest BCUT2D eigenvalue weighted by Gasteiger charge is -2.72. The Morgan fingerprint density at radius 1 is 0.768 bits per heavy atom. The first kappa shape index (κ1) is 40.5. The van der Waals surface area contributed by atoms with Crippen LogP contribution < -0.4 is 16.0 Å². The van der Waals surface area contributed by atoms with Crippen LogP contribution in [0, 0.1) is 56.7 Å². The van der Waals surface area contributed by atoms with Crippen LogP contribution in [0.15, 0.2) is 66.7 Å². The molecule has 3 amide bonds. The average molecular weight is 766 g/mol. The molecule has 2 aromatic carbocycles. The van der Waals surface area contributed by atoms with Crippen LogP contribution in [-0.4, -0.2) is 42.2 Å². The standard InChI is InChI=1S/C48H67N3O5/c1-31(2)35-18-23-48(25-24-46(6)36(40(35)48)16-17-38-45(5)21-20-39(52)44(3,4)37(45)19-22-47(38,46)7)42(54)51-29-33-14-11-15-34(28-33)41(53)49-26-27-50-43(55)56-30-32-12-9-8-10-13-32/h8-15,28,35-40,52H,1,16-27,29-30H2,2-7H3,(H,49,53)(H,50,55)(H,51,54)/t35-,36?,37?,38+,39-,40+,45-,46+,47+,48-/m0/s1. The van der Waals surface area contributed by atoms with E-state index in [1.54, 1.807) is 6.07 Å². The lowest BCUT2D eigenvalue weighted by atomic mass is 9.32. The number of ether oxygens (including phenoxy) is 1. The molecule has 8 heteroatoms. The van der Waals surface area contributed by atoms with E-state index in [-0.39, 0.29) is 65.2 Å². The molecule has 0 saturated heterocycles. The number of amides is 3. The van der Waals surface area contributed by atoms with Crippen molar-refractivity contribution in [1.82, 2.24) is 16.0 Å². The number of hydrogen-bond donors (Lipinski definition) is 4. The highest BCUT2D eigenvalue weighted by Gasteiger charge is 2.71. The number of benzene rings is 2. The summed E-state index contributed by atoms with van der Waals surface area (Å²) in [5.41, 5.74) is 3.58. The van der Waals surface area contributed by atoms with Gasteiger partial charge in [-0.1, -0.05) is 89.2 Å². The summed E-state index contributed by atoms with van der Waals surface area (Å²) in [6.45, 7) is 20.2.